The lowest BCUT2D eigenvalue weighted by Gasteiger charge is -2.41. The number of hydrogen-bond acceptors (Lipinski definition) is 7. The monoisotopic (exact) mass is 475 g/mol. The molecule has 2 heterocycles. The largest absolute Gasteiger partial charge is 0.493 e. The first kappa shape index (κ1) is 24.3. The Bertz CT molecular complexity index is 1160. The zero-order valence-corrected chi connectivity index (χ0v) is 21.2. The number of hydrogen-bond donors (Lipinski definition) is 2. The van der Waals surface area contributed by atoms with Gasteiger partial charge in [-0.3, -0.25) is 15.2 Å². The molecule has 35 heavy (non-hydrogen) atoms. The average molecular weight is 476 g/mol. The van der Waals surface area contributed by atoms with E-state index in [-0.39, 0.29) is 5.91 Å². The van der Waals surface area contributed by atoms with E-state index in [1.165, 1.54) is 0 Å². The number of ether oxygens (including phenoxy) is 2. The third-order valence-corrected chi connectivity index (χ3v) is 6.16. The summed E-state index contributed by atoms with van der Waals surface area (Å²) in [5.74, 6) is 1.12. The highest BCUT2D eigenvalue weighted by atomic mass is 16.5. The third kappa shape index (κ3) is 4.25. The van der Waals surface area contributed by atoms with Crippen LogP contribution >= 0.6 is 0 Å². The number of pyridine rings is 1. The van der Waals surface area contributed by atoms with E-state index in [9.17, 15) is 4.79 Å². The Morgan fingerprint density at radius 2 is 1.37 bits per heavy atom. The highest BCUT2D eigenvalue weighted by molar-refractivity contribution is 5.96. The molecular weight excluding hydrogens is 442 g/mol. The Labute approximate surface area is 206 Å². The summed E-state index contributed by atoms with van der Waals surface area (Å²) in [7, 11) is 7.97. The number of benzene rings is 2. The first-order valence-electron chi connectivity index (χ1n) is 11.8. The Morgan fingerprint density at radius 1 is 0.829 bits per heavy atom. The van der Waals surface area contributed by atoms with Crippen LogP contribution in [0.5, 0.6) is 11.5 Å². The second-order valence-electron chi connectivity index (χ2n) is 8.74. The van der Waals surface area contributed by atoms with Gasteiger partial charge in [-0.25, -0.2) is 5.43 Å². The lowest BCUT2D eigenvalue weighted by Crippen LogP contribution is -2.58. The number of aromatic nitrogens is 1. The second-order valence-corrected chi connectivity index (χ2v) is 8.74. The number of anilines is 2. The highest BCUT2D eigenvalue weighted by Gasteiger charge is 2.47. The van der Waals surface area contributed by atoms with E-state index < -0.39 is 5.54 Å². The standard InChI is InChI=1S/C27H33N5O3/c1-7-34-23-16-18(31(3)4)11-13-20(23)27(22-10-9-15-28-25(22)26(33)29-30-27)21-14-12-19(32(5)6)17-24(21)35-8-2/h9-17,30H,7-8H2,1-6H3,(H,29,33). The van der Waals surface area contributed by atoms with Crippen LogP contribution in [-0.2, 0) is 5.54 Å². The molecule has 0 aliphatic carbocycles. The molecule has 0 radical (unpaired) electrons. The summed E-state index contributed by atoms with van der Waals surface area (Å²) in [6, 6.07) is 16.0. The van der Waals surface area contributed by atoms with Gasteiger partial charge in [0.15, 0.2) is 0 Å². The Balaban J connectivity index is 2.10. The van der Waals surface area contributed by atoms with Crippen LogP contribution in [0, 0.1) is 0 Å². The van der Waals surface area contributed by atoms with Gasteiger partial charge < -0.3 is 19.3 Å². The van der Waals surface area contributed by atoms with Crippen LogP contribution in [0.25, 0.3) is 0 Å². The van der Waals surface area contributed by atoms with E-state index in [0.717, 1.165) is 28.1 Å². The Hall–Kier alpha value is -3.78. The number of amides is 1. The SMILES string of the molecule is CCOc1cc(N(C)C)ccc1C1(c2ccc(N(C)C)cc2OCC)NNC(=O)c2ncccc21. The predicted molar refractivity (Wildman–Crippen MR) is 139 cm³/mol. The van der Waals surface area contributed by atoms with Crippen molar-refractivity contribution in [2.75, 3.05) is 51.2 Å². The maximum absolute atomic E-state index is 12.8. The van der Waals surface area contributed by atoms with Crippen LogP contribution < -0.4 is 30.1 Å². The number of carbonyl (C=O) groups excluding carboxylic acids is 1. The van der Waals surface area contributed by atoms with Crippen molar-refractivity contribution in [2.24, 2.45) is 0 Å². The number of fused-ring (bicyclic) bond motifs is 1. The molecule has 0 fully saturated rings. The van der Waals surface area contributed by atoms with Crippen LogP contribution in [0.1, 0.15) is 41.0 Å². The highest BCUT2D eigenvalue weighted by Crippen LogP contribution is 2.47. The molecule has 184 valence electrons. The molecule has 0 saturated heterocycles. The van der Waals surface area contributed by atoms with E-state index in [1.807, 2.05) is 100 Å². The number of carbonyl (C=O) groups is 1. The van der Waals surface area contributed by atoms with Crippen LogP contribution in [0.15, 0.2) is 54.7 Å². The van der Waals surface area contributed by atoms with Crippen molar-refractivity contribution in [2.45, 2.75) is 19.4 Å². The quantitative estimate of drug-likeness (QED) is 0.516. The molecule has 1 amide bonds. The van der Waals surface area contributed by atoms with Gasteiger partial charge in [0.05, 0.1) is 13.2 Å². The Kier molecular flexibility index (Phi) is 6.84. The average Bonchev–Trinajstić information content (AvgIpc) is 2.85. The topological polar surface area (TPSA) is 79.0 Å². The van der Waals surface area contributed by atoms with Gasteiger partial charge in [-0.1, -0.05) is 18.2 Å². The molecule has 8 nitrogen and oxygen atoms in total. The summed E-state index contributed by atoms with van der Waals surface area (Å²) < 4.78 is 12.4. The number of nitrogens with one attached hydrogen (secondary N) is 2. The minimum absolute atomic E-state index is 0.290. The predicted octanol–water partition coefficient (Wildman–Crippen LogP) is 3.55. The zero-order valence-electron chi connectivity index (χ0n) is 21.2. The molecule has 1 aromatic heterocycles. The maximum Gasteiger partial charge on any atom is 0.284 e. The first-order chi connectivity index (χ1) is 16.8. The summed E-state index contributed by atoms with van der Waals surface area (Å²) >= 11 is 0. The van der Waals surface area contributed by atoms with Crippen molar-refractivity contribution in [3.8, 4) is 11.5 Å². The molecule has 2 N–H and O–H groups in total. The molecule has 0 spiro atoms. The molecule has 0 bridgehead atoms. The van der Waals surface area contributed by atoms with Gasteiger partial charge in [-0.05, 0) is 32.0 Å². The van der Waals surface area contributed by atoms with Gasteiger partial charge in [0, 0.05) is 74.6 Å². The molecule has 2 aromatic carbocycles. The van der Waals surface area contributed by atoms with E-state index in [4.69, 9.17) is 9.47 Å². The van der Waals surface area contributed by atoms with Crippen LogP contribution in [-0.4, -0.2) is 52.3 Å². The molecule has 1 aliphatic heterocycles. The molecule has 0 saturated carbocycles. The molecule has 3 aromatic rings. The van der Waals surface area contributed by atoms with Gasteiger partial charge in [0.1, 0.15) is 22.7 Å². The summed E-state index contributed by atoms with van der Waals surface area (Å²) in [5, 5.41) is 0. The second kappa shape index (κ2) is 9.84. The normalized spacial score (nSPS) is 14.1. The molecule has 8 heteroatoms. The van der Waals surface area contributed by atoms with E-state index in [1.54, 1.807) is 6.20 Å². The fourth-order valence-corrected chi connectivity index (χ4v) is 4.48. The lowest BCUT2D eigenvalue weighted by atomic mass is 9.74. The van der Waals surface area contributed by atoms with E-state index >= 15 is 0 Å². The van der Waals surface area contributed by atoms with Crippen molar-refractivity contribution in [3.63, 3.8) is 0 Å². The van der Waals surface area contributed by atoms with Crippen molar-refractivity contribution >= 4 is 17.3 Å². The third-order valence-electron chi connectivity index (χ3n) is 6.16. The van der Waals surface area contributed by atoms with E-state index in [2.05, 4.69) is 15.8 Å². The van der Waals surface area contributed by atoms with Gasteiger partial charge in [0.2, 0.25) is 0 Å². The number of hydrazine groups is 1. The van der Waals surface area contributed by atoms with Crippen molar-refractivity contribution in [1.29, 1.82) is 0 Å². The molecule has 0 atom stereocenters. The summed E-state index contributed by atoms with van der Waals surface area (Å²) in [6.45, 7) is 4.90. The smallest absolute Gasteiger partial charge is 0.284 e. The molecular formula is C27H33N5O3. The molecule has 4 rings (SSSR count). The maximum atomic E-state index is 12.8. The fourth-order valence-electron chi connectivity index (χ4n) is 4.48. The van der Waals surface area contributed by atoms with Crippen molar-refractivity contribution in [1.82, 2.24) is 15.8 Å². The first-order valence-corrected chi connectivity index (χ1v) is 11.8. The van der Waals surface area contributed by atoms with E-state index in [0.29, 0.717) is 30.4 Å². The van der Waals surface area contributed by atoms with Crippen LogP contribution in [0.2, 0.25) is 0 Å². The minimum atomic E-state index is -1.01. The summed E-state index contributed by atoms with van der Waals surface area (Å²) in [6.07, 6.45) is 1.63. The number of rotatable bonds is 8. The van der Waals surface area contributed by atoms with Gasteiger partial charge >= 0.3 is 0 Å². The molecule has 0 unspecified atom stereocenters. The molecule has 1 aliphatic rings. The van der Waals surface area contributed by atoms with Gasteiger partial charge in [-0.2, -0.15) is 0 Å². The fraction of sp³-hybridized carbons (Fsp3) is 0.333. The van der Waals surface area contributed by atoms with Gasteiger partial charge in [-0.15, -0.1) is 0 Å². The summed E-state index contributed by atoms with van der Waals surface area (Å²) in [4.78, 5) is 21.3. The van der Waals surface area contributed by atoms with Crippen molar-refractivity contribution in [3.05, 3.63) is 77.1 Å². The number of nitrogens with zero attached hydrogens (tertiary/aromatic N) is 3. The van der Waals surface area contributed by atoms with Crippen LogP contribution in [0.3, 0.4) is 0 Å². The Morgan fingerprint density at radius 3 is 1.86 bits per heavy atom. The lowest BCUT2D eigenvalue weighted by molar-refractivity contribution is 0.0888. The van der Waals surface area contributed by atoms with Crippen LogP contribution in [0.4, 0.5) is 11.4 Å². The van der Waals surface area contributed by atoms with Crippen molar-refractivity contribution < 1.29 is 14.3 Å². The summed E-state index contributed by atoms with van der Waals surface area (Å²) in [5.41, 5.74) is 9.96. The zero-order chi connectivity index (χ0) is 25.2. The van der Waals surface area contributed by atoms with Gasteiger partial charge in [0.25, 0.3) is 5.91 Å². The minimum Gasteiger partial charge on any atom is -0.493 e.